The van der Waals surface area contributed by atoms with E-state index in [2.05, 4.69) is 15.9 Å². The van der Waals surface area contributed by atoms with Gasteiger partial charge in [-0.2, -0.15) is 10.5 Å². The lowest BCUT2D eigenvalue weighted by atomic mass is 10.1. The van der Waals surface area contributed by atoms with Gasteiger partial charge in [-0.05, 0) is 30.0 Å². The van der Waals surface area contributed by atoms with Crippen LogP contribution >= 0.6 is 15.9 Å². The number of nitriles is 2. The molecule has 0 N–H and O–H groups in total. The van der Waals surface area contributed by atoms with Gasteiger partial charge >= 0.3 is 0 Å². The third-order valence-electron chi connectivity index (χ3n) is 3.22. The van der Waals surface area contributed by atoms with Crippen LogP contribution in [0.2, 0.25) is 0 Å². The molecule has 96 valence electrons. The minimum Gasteiger partial charge on any atom is -0.316 e. The van der Waals surface area contributed by atoms with Gasteiger partial charge < -0.3 is 4.90 Å². The van der Waals surface area contributed by atoms with E-state index >= 15 is 0 Å². The van der Waals surface area contributed by atoms with Gasteiger partial charge in [0.1, 0.15) is 13.1 Å². The first-order chi connectivity index (χ1) is 9.17. The summed E-state index contributed by atoms with van der Waals surface area (Å²) < 4.78 is 0.994. The molecule has 0 aliphatic heterocycles. The van der Waals surface area contributed by atoms with Crippen molar-refractivity contribution in [3.05, 3.63) is 34.3 Å². The molecule has 0 aromatic heterocycles. The summed E-state index contributed by atoms with van der Waals surface area (Å²) in [6.45, 7) is -0.0395. The fourth-order valence-corrected chi connectivity index (χ4v) is 2.61. The number of amides is 1. The first-order valence-corrected chi connectivity index (χ1v) is 6.75. The molecule has 2 atom stereocenters. The number of hydrogen-bond acceptors (Lipinski definition) is 3. The Morgan fingerprint density at radius 1 is 1.37 bits per heavy atom. The number of rotatable bonds is 4. The maximum Gasteiger partial charge on any atom is 0.228 e. The average Bonchev–Trinajstić information content (AvgIpc) is 3.18. The molecule has 1 aromatic carbocycles. The van der Waals surface area contributed by atoms with Crippen molar-refractivity contribution >= 4 is 21.8 Å². The molecule has 1 aliphatic rings. The molecule has 1 fully saturated rings. The molecule has 0 unspecified atom stereocenters. The standard InChI is InChI=1S/C14H12BrN3O/c15-11-3-1-2-10(8-11)12-9-13(12)14(19)18(6-4-16)7-5-17/h1-3,8,12-13H,6-7,9H2/t12-,13-/m1/s1. The molecule has 5 heteroatoms. The number of nitrogens with zero attached hydrogens (tertiary/aromatic N) is 3. The summed E-state index contributed by atoms with van der Waals surface area (Å²) in [5, 5.41) is 17.3. The van der Waals surface area contributed by atoms with Crippen molar-refractivity contribution in [2.75, 3.05) is 13.1 Å². The minimum absolute atomic E-state index is 0.0197. The Morgan fingerprint density at radius 2 is 2.05 bits per heavy atom. The van der Waals surface area contributed by atoms with Gasteiger partial charge in [-0.1, -0.05) is 28.1 Å². The Labute approximate surface area is 120 Å². The Bertz CT molecular complexity index is 557. The van der Waals surface area contributed by atoms with E-state index < -0.39 is 0 Å². The lowest BCUT2D eigenvalue weighted by Gasteiger charge is -2.15. The van der Waals surface area contributed by atoms with Crippen LogP contribution in [-0.4, -0.2) is 23.9 Å². The van der Waals surface area contributed by atoms with Gasteiger partial charge in [-0.15, -0.1) is 0 Å². The van der Waals surface area contributed by atoms with Gasteiger partial charge in [0.2, 0.25) is 5.91 Å². The lowest BCUT2D eigenvalue weighted by molar-refractivity contribution is -0.131. The fourth-order valence-electron chi connectivity index (χ4n) is 2.19. The highest BCUT2D eigenvalue weighted by Crippen LogP contribution is 2.48. The SMILES string of the molecule is N#CCN(CC#N)C(=O)[C@@H]1C[C@@H]1c1cccc(Br)c1. The maximum atomic E-state index is 12.2. The van der Waals surface area contributed by atoms with Crippen LogP contribution in [0.1, 0.15) is 17.9 Å². The second kappa shape index (κ2) is 5.86. The van der Waals surface area contributed by atoms with Gasteiger partial charge in [0, 0.05) is 10.4 Å². The summed E-state index contributed by atoms with van der Waals surface area (Å²) >= 11 is 3.41. The normalized spacial score (nSPS) is 20.2. The van der Waals surface area contributed by atoms with Crippen molar-refractivity contribution in [2.24, 2.45) is 5.92 Å². The van der Waals surface area contributed by atoms with Gasteiger partial charge in [0.15, 0.2) is 0 Å². The lowest BCUT2D eigenvalue weighted by Crippen LogP contribution is -2.33. The van der Waals surface area contributed by atoms with Crippen molar-refractivity contribution in [1.82, 2.24) is 4.90 Å². The first kappa shape index (κ1) is 13.6. The summed E-state index contributed by atoms with van der Waals surface area (Å²) in [6.07, 6.45) is 0.794. The van der Waals surface area contributed by atoms with Crippen LogP contribution in [0, 0.1) is 28.6 Å². The van der Waals surface area contributed by atoms with E-state index in [1.165, 1.54) is 4.90 Å². The predicted octanol–water partition coefficient (Wildman–Crippen LogP) is 2.43. The molecule has 1 saturated carbocycles. The smallest absolute Gasteiger partial charge is 0.228 e. The van der Waals surface area contributed by atoms with E-state index in [1.54, 1.807) is 0 Å². The zero-order valence-corrected chi connectivity index (χ0v) is 11.8. The van der Waals surface area contributed by atoms with Crippen molar-refractivity contribution in [1.29, 1.82) is 10.5 Å². The van der Waals surface area contributed by atoms with E-state index in [9.17, 15) is 4.79 Å². The summed E-state index contributed by atoms with van der Waals surface area (Å²) in [7, 11) is 0. The monoisotopic (exact) mass is 317 g/mol. The Kier molecular flexibility index (Phi) is 4.19. The van der Waals surface area contributed by atoms with E-state index in [4.69, 9.17) is 10.5 Å². The Morgan fingerprint density at radius 3 is 2.63 bits per heavy atom. The topological polar surface area (TPSA) is 67.9 Å². The van der Waals surface area contributed by atoms with Gasteiger partial charge in [0.05, 0.1) is 12.1 Å². The molecule has 19 heavy (non-hydrogen) atoms. The number of carbonyl (C=O) groups is 1. The third-order valence-corrected chi connectivity index (χ3v) is 3.71. The van der Waals surface area contributed by atoms with Crippen LogP contribution in [0.15, 0.2) is 28.7 Å². The molecule has 2 rings (SSSR count). The molecule has 0 saturated heterocycles. The zero-order chi connectivity index (χ0) is 13.8. The Hall–Kier alpha value is -1.85. The minimum atomic E-state index is -0.0897. The molecule has 0 heterocycles. The van der Waals surface area contributed by atoms with Crippen molar-refractivity contribution in [3.8, 4) is 12.1 Å². The van der Waals surface area contributed by atoms with Crippen molar-refractivity contribution in [2.45, 2.75) is 12.3 Å². The largest absolute Gasteiger partial charge is 0.316 e. The van der Waals surface area contributed by atoms with E-state index in [0.717, 1.165) is 16.5 Å². The summed E-state index contributed by atoms with van der Waals surface area (Å²) in [5.41, 5.74) is 1.13. The van der Waals surface area contributed by atoms with Gasteiger partial charge in [-0.3, -0.25) is 4.79 Å². The van der Waals surface area contributed by atoms with Gasteiger partial charge in [-0.25, -0.2) is 0 Å². The number of halogens is 1. The Balaban J connectivity index is 2.04. The second-order valence-corrected chi connectivity index (χ2v) is 5.43. The molecule has 0 radical (unpaired) electrons. The fraction of sp³-hybridized carbons (Fsp3) is 0.357. The van der Waals surface area contributed by atoms with Crippen LogP contribution in [0.3, 0.4) is 0 Å². The average molecular weight is 318 g/mol. The third kappa shape index (κ3) is 3.13. The zero-order valence-electron chi connectivity index (χ0n) is 10.2. The van der Waals surface area contributed by atoms with Crippen LogP contribution in [-0.2, 0) is 4.79 Å². The number of hydrogen-bond donors (Lipinski definition) is 0. The van der Waals surface area contributed by atoms with E-state index in [0.29, 0.717) is 0 Å². The predicted molar refractivity (Wildman–Crippen MR) is 72.8 cm³/mol. The quantitative estimate of drug-likeness (QED) is 0.801. The highest BCUT2D eigenvalue weighted by atomic mass is 79.9. The highest BCUT2D eigenvalue weighted by molar-refractivity contribution is 9.10. The van der Waals surface area contributed by atoms with Crippen LogP contribution < -0.4 is 0 Å². The first-order valence-electron chi connectivity index (χ1n) is 5.95. The van der Waals surface area contributed by atoms with Crippen LogP contribution in [0.25, 0.3) is 0 Å². The van der Waals surface area contributed by atoms with E-state index in [1.807, 2.05) is 36.4 Å². The molecule has 1 aliphatic carbocycles. The van der Waals surface area contributed by atoms with Crippen LogP contribution in [0.4, 0.5) is 0 Å². The molecule has 4 nitrogen and oxygen atoms in total. The van der Waals surface area contributed by atoms with Gasteiger partial charge in [0.25, 0.3) is 0 Å². The number of carbonyl (C=O) groups excluding carboxylic acids is 1. The molecule has 0 spiro atoms. The molecule has 1 amide bonds. The highest BCUT2D eigenvalue weighted by Gasteiger charge is 2.45. The summed E-state index contributed by atoms with van der Waals surface area (Å²) in [5.74, 6) is 0.0361. The van der Waals surface area contributed by atoms with Crippen LogP contribution in [0.5, 0.6) is 0 Å². The van der Waals surface area contributed by atoms with Crippen molar-refractivity contribution < 1.29 is 4.79 Å². The molecule has 0 bridgehead atoms. The summed E-state index contributed by atoms with van der Waals surface area (Å²) in [6, 6.07) is 11.8. The van der Waals surface area contributed by atoms with Crippen molar-refractivity contribution in [3.63, 3.8) is 0 Å². The molecular weight excluding hydrogens is 306 g/mol. The number of benzene rings is 1. The summed E-state index contributed by atoms with van der Waals surface area (Å²) in [4.78, 5) is 13.5. The molecular formula is C14H12BrN3O. The maximum absolute atomic E-state index is 12.2. The second-order valence-electron chi connectivity index (χ2n) is 4.51. The molecule has 1 aromatic rings. The van der Waals surface area contributed by atoms with E-state index in [-0.39, 0.29) is 30.8 Å².